The zero-order valence-electron chi connectivity index (χ0n) is 12.1. The first-order valence-electron chi connectivity index (χ1n) is 7.04. The fourth-order valence-corrected chi connectivity index (χ4v) is 3.93. The van der Waals surface area contributed by atoms with Crippen LogP contribution in [0.15, 0.2) is 0 Å². The SMILES string of the molecule is CC1CN(C)CCN1C(=O)N1CCSCC1CC(=O)O. The Morgan fingerprint density at radius 1 is 1.25 bits per heavy atom. The highest BCUT2D eigenvalue weighted by Gasteiger charge is 2.34. The molecule has 2 aliphatic rings. The summed E-state index contributed by atoms with van der Waals surface area (Å²) < 4.78 is 0. The quantitative estimate of drug-likeness (QED) is 0.811. The monoisotopic (exact) mass is 301 g/mol. The van der Waals surface area contributed by atoms with Gasteiger partial charge in [-0.15, -0.1) is 0 Å². The normalized spacial score (nSPS) is 28.5. The first-order chi connectivity index (χ1) is 9.49. The summed E-state index contributed by atoms with van der Waals surface area (Å²) in [4.78, 5) is 29.5. The van der Waals surface area contributed by atoms with E-state index in [0.29, 0.717) is 6.54 Å². The Bertz CT molecular complexity index is 380. The third kappa shape index (κ3) is 3.58. The predicted octanol–water partition coefficient (Wildman–Crippen LogP) is 0.634. The van der Waals surface area contributed by atoms with Crippen LogP contribution in [0, 0.1) is 0 Å². The maximum Gasteiger partial charge on any atom is 0.320 e. The van der Waals surface area contributed by atoms with Crippen molar-refractivity contribution in [2.24, 2.45) is 0 Å². The number of carbonyl (C=O) groups excluding carboxylic acids is 1. The van der Waals surface area contributed by atoms with Gasteiger partial charge in [0, 0.05) is 43.7 Å². The average molecular weight is 301 g/mol. The van der Waals surface area contributed by atoms with E-state index in [2.05, 4.69) is 18.9 Å². The second kappa shape index (κ2) is 6.67. The lowest BCUT2D eigenvalue weighted by Crippen LogP contribution is -2.59. The predicted molar refractivity (Wildman–Crippen MR) is 79.1 cm³/mol. The molecule has 0 aromatic carbocycles. The molecular weight excluding hydrogens is 278 g/mol. The molecule has 2 rings (SSSR count). The summed E-state index contributed by atoms with van der Waals surface area (Å²) in [5, 5.41) is 8.99. The van der Waals surface area contributed by atoms with Crippen molar-refractivity contribution in [1.82, 2.24) is 14.7 Å². The number of aliphatic carboxylic acids is 1. The number of urea groups is 1. The lowest BCUT2D eigenvalue weighted by Gasteiger charge is -2.43. The third-order valence-electron chi connectivity index (χ3n) is 3.96. The highest BCUT2D eigenvalue weighted by Crippen LogP contribution is 2.22. The number of piperazine rings is 1. The Kier molecular flexibility index (Phi) is 5.15. The van der Waals surface area contributed by atoms with E-state index in [4.69, 9.17) is 5.11 Å². The molecule has 0 radical (unpaired) electrons. The fraction of sp³-hybridized carbons (Fsp3) is 0.846. The highest BCUT2D eigenvalue weighted by molar-refractivity contribution is 7.99. The van der Waals surface area contributed by atoms with Crippen molar-refractivity contribution < 1.29 is 14.7 Å². The molecule has 2 aliphatic heterocycles. The lowest BCUT2D eigenvalue weighted by atomic mass is 10.1. The molecule has 0 saturated carbocycles. The lowest BCUT2D eigenvalue weighted by molar-refractivity contribution is -0.138. The van der Waals surface area contributed by atoms with E-state index in [9.17, 15) is 9.59 Å². The number of rotatable bonds is 2. The number of likely N-dealkylation sites (N-methyl/N-ethyl adjacent to an activating group) is 1. The van der Waals surface area contributed by atoms with Crippen LogP contribution in [0.1, 0.15) is 13.3 Å². The van der Waals surface area contributed by atoms with E-state index in [1.165, 1.54) is 0 Å². The molecule has 2 fully saturated rings. The van der Waals surface area contributed by atoms with E-state index >= 15 is 0 Å². The Balaban J connectivity index is 2.03. The van der Waals surface area contributed by atoms with Crippen LogP contribution >= 0.6 is 11.8 Å². The summed E-state index contributed by atoms with van der Waals surface area (Å²) in [5.41, 5.74) is 0. The van der Waals surface area contributed by atoms with Gasteiger partial charge in [0.1, 0.15) is 0 Å². The van der Waals surface area contributed by atoms with Crippen molar-refractivity contribution in [1.29, 1.82) is 0 Å². The zero-order chi connectivity index (χ0) is 14.7. The molecule has 2 atom stereocenters. The number of thioether (sulfide) groups is 1. The maximum absolute atomic E-state index is 12.7. The van der Waals surface area contributed by atoms with Crippen molar-refractivity contribution in [2.45, 2.75) is 25.4 Å². The van der Waals surface area contributed by atoms with Crippen LogP contribution in [0.3, 0.4) is 0 Å². The molecule has 0 bridgehead atoms. The van der Waals surface area contributed by atoms with Gasteiger partial charge in [0.15, 0.2) is 0 Å². The van der Waals surface area contributed by atoms with Crippen LogP contribution in [0.5, 0.6) is 0 Å². The second-order valence-corrected chi connectivity index (χ2v) is 6.76. The van der Waals surface area contributed by atoms with Crippen molar-refractivity contribution in [3.05, 3.63) is 0 Å². The van der Waals surface area contributed by atoms with Gasteiger partial charge >= 0.3 is 12.0 Å². The number of carboxylic acids is 1. The molecule has 6 nitrogen and oxygen atoms in total. The first kappa shape index (κ1) is 15.4. The van der Waals surface area contributed by atoms with Crippen molar-refractivity contribution in [3.8, 4) is 0 Å². The van der Waals surface area contributed by atoms with Crippen LogP contribution in [0.2, 0.25) is 0 Å². The molecule has 0 aromatic heterocycles. The smallest absolute Gasteiger partial charge is 0.320 e. The summed E-state index contributed by atoms with van der Waals surface area (Å²) in [6.45, 7) is 5.18. The van der Waals surface area contributed by atoms with Gasteiger partial charge in [-0.2, -0.15) is 11.8 Å². The molecular formula is C13H23N3O3S. The number of nitrogens with zero attached hydrogens (tertiary/aromatic N) is 3. The van der Waals surface area contributed by atoms with Gasteiger partial charge in [-0.3, -0.25) is 4.79 Å². The molecule has 0 aliphatic carbocycles. The van der Waals surface area contributed by atoms with E-state index in [1.54, 1.807) is 16.7 Å². The highest BCUT2D eigenvalue weighted by atomic mass is 32.2. The largest absolute Gasteiger partial charge is 0.481 e. The Hall–Kier alpha value is -0.950. The maximum atomic E-state index is 12.7. The van der Waals surface area contributed by atoms with Crippen LogP contribution in [-0.2, 0) is 4.79 Å². The fourth-order valence-electron chi connectivity index (χ4n) is 2.87. The van der Waals surface area contributed by atoms with Crippen LogP contribution in [0.25, 0.3) is 0 Å². The van der Waals surface area contributed by atoms with Gasteiger partial charge in [0.2, 0.25) is 0 Å². The molecule has 2 heterocycles. The number of amides is 2. The Morgan fingerprint density at radius 3 is 2.65 bits per heavy atom. The minimum atomic E-state index is -0.832. The molecule has 20 heavy (non-hydrogen) atoms. The minimum Gasteiger partial charge on any atom is -0.481 e. The van der Waals surface area contributed by atoms with E-state index in [1.807, 2.05) is 4.90 Å². The Labute approximate surface area is 124 Å². The van der Waals surface area contributed by atoms with Crippen molar-refractivity contribution >= 4 is 23.8 Å². The van der Waals surface area contributed by atoms with Crippen LogP contribution in [0.4, 0.5) is 4.79 Å². The molecule has 2 saturated heterocycles. The van der Waals surface area contributed by atoms with Crippen molar-refractivity contribution in [3.63, 3.8) is 0 Å². The summed E-state index contributed by atoms with van der Waals surface area (Å²) in [6, 6.07) is 0.0177. The summed E-state index contributed by atoms with van der Waals surface area (Å²) in [6.07, 6.45) is 0.0425. The number of carboxylic acid groups (broad SMARTS) is 1. The van der Waals surface area contributed by atoms with Crippen LogP contribution < -0.4 is 0 Å². The minimum absolute atomic E-state index is 0.0113. The topological polar surface area (TPSA) is 64.1 Å². The van der Waals surface area contributed by atoms with Gasteiger partial charge in [0.25, 0.3) is 0 Å². The number of hydrogen-bond acceptors (Lipinski definition) is 4. The van der Waals surface area contributed by atoms with Gasteiger partial charge in [-0.25, -0.2) is 4.79 Å². The third-order valence-corrected chi connectivity index (χ3v) is 5.05. The summed E-state index contributed by atoms with van der Waals surface area (Å²) in [5.74, 6) is 0.783. The number of hydrogen-bond donors (Lipinski definition) is 1. The molecule has 7 heteroatoms. The molecule has 114 valence electrons. The zero-order valence-corrected chi connectivity index (χ0v) is 12.9. The molecule has 2 amide bonds. The standard InChI is InChI=1S/C13H23N3O3S/c1-10-8-14(2)3-4-15(10)13(19)16-5-6-20-9-11(16)7-12(17)18/h10-11H,3-9H2,1-2H3,(H,17,18). The van der Waals surface area contributed by atoms with Gasteiger partial charge in [0.05, 0.1) is 12.5 Å². The summed E-state index contributed by atoms with van der Waals surface area (Å²) >= 11 is 1.73. The average Bonchev–Trinajstić information content (AvgIpc) is 2.38. The second-order valence-electron chi connectivity index (χ2n) is 5.61. The molecule has 1 N–H and O–H groups in total. The van der Waals surface area contributed by atoms with E-state index < -0.39 is 5.97 Å². The summed E-state index contributed by atoms with van der Waals surface area (Å²) in [7, 11) is 2.06. The molecule has 2 unspecified atom stereocenters. The number of carbonyl (C=O) groups is 2. The van der Waals surface area contributed by atoms with Gasteiger partial charge < -0.3 is 19.8 Å². The van der Waals surface area contributed by atoms with Crippen LogP contribution in [-0.4, -0.2) is 88.6 Å². The van der Waals surface area contributed by atoms with Gasteiger partial charge in [-0.1, -0.05) is 0 Å². The van der Waals surface area contributed by atoms with Crippen molar-refractivity contribution in [2.75, 3.05) is 44.7 Å². The molecule has 0 spiro atoms. The van der Waals surface area contributed by atoms with E-state index in [-0.39, 0.29) is 24.5 Å². The van der Waals surface area contributed by atoms with Gasteiger partial charge in [-0.05, 0) is 14.0 Å². The molecule has 0 aromatic rings. The van der Waals surface area contributed by atoms with E-state index in [0.717, 1.165) is 31.1 Å². The first-order valence-corrected chi connectivity index (χ1v) is 8.20. The Morgan fingerprint density at radius 2 is 2.00 bits per heavy atom.